The van der Waals surface area contributed by atoms with Gasteiger partial charge in [0.15, 0.2) is 0 Å². The molecule has 15 saturated carbocycles. The van der Waals surface area contributed by atoms with E-state index in [4.69, 9.17) is 23.7 Å². The summed E-state index contributed by atoms with van der Waals surface area (Å²) in [6.45, 7) is 46.1. The normalized spacial score (nSPS) is 36.9. The van der Waals surface area contributed by atoms with Crippen LogP contribution in [0.4, 0.5) is 0 Å². The molecule has 0 saturated heterocycles. The minimum Gasteiger partial charge on any atom is -0.456 e. The molecule has 15 aliphatic carbocycles. The van der Waals surface area contributed by atoms with E-state index in [1.807, 2.05) is 13.8 Å². The van der Waals surface area contributed by atoms with Crippen LogP contribution in [0.2, 0.25) is 0 Å². The van der Waals surface area contributed by atoms with Crippen molar-refractivity contribution in [2.24, 2.45) is 100 Å². The van der Waals surface area contributed by atoms with Gasteiger partial charge in [0, 0.05) is 39.2 Å². The minimum atomic E-state index is -0.348. The average molecular weight is 1210 g/mol. The quantitative estimate of drug-likeness (QED) is 0.0887. The fourth-order valence-electron chi connectivity index (χ4n) is 21.4. The number of carbonyl (C=O) groups excluding carboxylic acids is 5. The molecule has 0 radical (unpaired) electrons. The number of fused-ring (bicyclic) bond motifs is 2. The van der Waals surface area contributed by atoms with E-state index in [9.17, 15) is 24.0 Å². The first-order chi connectivity index (χ1) is 40.6. The lowest BCUT2D eigenvalue weighted by molar-refractivity contribution is -0.221. The highest BCUT2D eigenvalue weighted by atomic mass is 16.6. The van der Waals surface area contributed by atoms with Crippen molar-refractivity contribution in [2.75, 3.05) is 0 Å². The van der Waals surface area contributed by atoms with E-state index in [-0.39, 0.29) is 63.3 Å². The summed E-state index contributed by atoms with van der Waals surface area (Å²) in [7, 11) is 0. The van der Waals surface area contributed by atoms with Crippen LogP contribution in [0, 0.1) is 100 Å². The maximum absolute atomic E-state index is 12.1. The zero-order valence-electron chi connectivity index (χ0n) is 57.2. The standard InChI is InChI=1S/2C17H26O2.C16H24O2.C14H22O2.C13H22O2/c1-11(2)15(18)19-16(3,4)17-8-12-5-13(9-17)7-14(6-12)10-17;1-10(2)16(18)19-17(11(3)4)14-6-12-5-13(8-14)9-15(17)7-12;1-4-16(18-15(17)10(2)3)13-6-11-5-12(8-13)9-14(16)7-11;1-9(2)13(15)16-14(3,4)12-8-10-5-6-11(12)7-10;1-10(2)12(14)15-13(3,4)11-8-6-5-7-9-11/h12-14H,1,5-10H2,2-4H3;11-15H,1,5-9H2,2-4H3;11-14H,2,4-9H2,1,3H3;10-12H,1,5-8H2,2-4H3;11H,1,5-9H2,2-4H3. The number of ether oxygens (including phenoxy) is 5. The topological polar surface area (TPSA) is 132 Å². The van der Waals surface area contributed by atoms with Crippen LogP contribution in [0.15, 0.2) is 60.8 Å². The van der Waals surface area contributed by atoms with Crippen molar-refractivity contribution >= 4 is 29.8 Å². The zero-order chi connectivity index (χ0) is 63.9. The smallest absolute Gasteiger partial charge is 0.333 e. The Balaban J connectivity index is 0.000000142. The van der Waals surface area contributed by atoms with Crippen LogP contribution in [0.5, 0.6) is 0 Å². The number of carbonyl (C=O) groups is 5. The Bertz CT molecular complexity index is 2490. The second-order valence-corrected chi connectivity index (χ2v) is 33.3. The first kappa shape index (κ1) is 68.9. The minimum absolute atomic E-state index is 0.163. The molecule has 0 N–H and O–H groups in total. The Hall–Kier alpha value is -3.95. The van der Waals surface area contributed by atoms with E-state index in [2.05, 4.69) is 81.4 Å². The molecule has 15 rings (SSSR count). The Kier molecular flexibility index (Phi) is 21.5. The molecule has 14 bridgehead atoms. The van der Waals surface area contributed by atoms with Gasteiger partial charge in [-0.05, 0) is 306 Å². The predicted octanol–water partition coefficient (Wildman–Crippen LogP) is 18.6. The fraction of sp³-hybridized carbons (Fsp3) is 0.805. The fourth-order valence-corrected chi connectivity index (χ4v) is 21.4. The van der Waals surface area contributed by atoms with Crippen molar-refractivity contribution in [1.82, 2.24) is 0 Å². The van der Waals surface area contributed by atoms with Gasteiger partial charge in [0.25, 0.3) is 0 Å². The van der Waals surface area contributed by atoms with Gasteiger partial charge in [-0.15, -0.1) is 0 Å². The van der Waals surface area contributed by atoms with Crippen LogP contribution in [0.3, 0.4) is 0 Å². The van der Waals surface area contributed by atoms with Gasteiger partial charge in [0.2, 0.25) is 0 Å². The third kappa shape index (κ3) is 15.0. The van der Waals surface area contributed by atoms with Crippen molar-refractivity contribution in [3.8, 4) is 0 Å². The lowest BCUT2D eigenvalue weighted by atomic mass is 9.46. The highest BCUT2D eigenvalue weighted by Gasteiger charge is 2.62. The average Bonchev–Trinajstić information content (AvgIpc) is 1.73. The highest BCUT2D eigenvalue weighted by Crippen LogP contribution is 2.66. The van der Waals surface area contributed by atoms with Crippen LogP contribution in [-0.4, -0.2) is 57.9 Å². The van der Waals surface area contributed by atoms with Gasteiger partial charge >= 0.3 is 29.8 Å². The number of esters is 5. The van der Waals surface area contributed by atoms with Gasteiger partial charge < -0.3 is 23.7 Å². The molecule has 15 aliphatic rings. The molecular weight excluding hydrogens is 1080 g/mol. The maximum Gasteiger partial charge on any atom is 0.333 e. The van der Waals surface area contributed by atoms with E-state index in [0.717, 1.165) is 59.7 Å². The molecule has 488 valence electrons. The summed E-state index contributed by atoms with van der Waals surface area (Å²) in [5, 5.41) is 0. The van der Waals surface area contributed by atoms with Gasteiger partial charge in [-0.1, -0.05) is 79.3 Å². The molecule has 87 heavy (non-hydrogen) atoms. The second-order valence-electron chi connectivity index (χ2n) is 33.3. The van der Waals surface area contributed by atoms with Crippen LogP contribution >= 0.6 is 0 Å². The summed E-state index contributed by atoms with van der Waals surface area (Å²) < 4.78 is 29.0. The predicted molar refractivity (Wildman–Crippen MR) is 348 cm³/mol. The number of hydrogen-bond acceptors (Lipinski definition) is 10. The lowest BCUT2D eigenvalue weighted by Crippen LogP contribution is -2.62. The third-order valence-electron chi connectivity index (χ3n) is 25.3. The largest absolute Gasteiger partial charge is 0.456 e. The molecule has 0 aromatic carbocycles. The Morgan fingerprint density at radius 1 is 0.425 bits per heavy atom. The molecule has 0 aromatic rings. The van der Waals surface area contributed by atoms with Crippen LogP contribution in [-0.2, 0) is 47.7 Å². The molecule has 15 fully saturated rings. The van der Waals surface area contributed by atoms with Crippen LogP contribution in [0.1, 0.15) is 264 Å². The second kappa shape index (κ2) is 27.1. The van der Waals surface area contributed by atoms with E-state index >= 15 is 0 Å². The number of hydrogen-bond donors (Lipinski definition) is 0. The molecular formula is C77H120O10. The Morgan fingerprint density at radius 3 is 1.17 bits per heavy atom. The summed E-state index contributed by atoms with van der Waals surface area (Å²) in [5.74, 6) is 10.7. The summed E-state index contributed by atoms with van der Waals surface area (Å²) in [5.41, 5.74) is 1.42. The van der Waals surface area contributed by atoms with E-state index in [0.29, 0.717) is 69.3 Å². The van der Waals surface area contributed by atoms with Gasteiger partial charge in [-0.25, -0.2) is 24.0 Å². The van der Waals surface area contributed by atoms with Crippen molar-refractivity contribution in [3.63, 3.8) is 0 Å². The number of rotatable bonds is 15. The molecule has 0 aliphatic heterocycles. The molecule has 10 heteroatoms. The molecule has 3 unspecified atom stereocenters. The van der Waals surface area contributed by atoms with E-state index < -0.39 is 0 Å². The summed E-state index contributed by atoms with van der Waals surface area (Å²) in [6, 6.07) is 0. The highest BCUT2D eigenvalue weighted by molar-refractivity contribution is 5.89. The maximum atomic E-state index is 12.1. The molecule has 0 spiro atoms. The van der Waals surface area contributed by atoms with Gasteiger partial charge in [0.05, 0.1) is 0 Å². The molecule has 10 nitrogen and oxygen atoms in total. The van der Waals surface area contributed by atoms with E-state index in [1.54, 1.807) is 34.6 Å². The molecule has 3 atom stereocenters. The molecule has 0 aromatic heterocycles. The van der Waals surface area contributed by atoms with Crippen molar-refractivity contribution in [3.05, 3.63) is 60.8 Å². The SMILES string of the molecule is C=C(C)C(=O)OC(C)(C)C12CC3CC(CC(C3)C1)C2.C=C(C)C(=O)OC(C)(C)C1CC2CCC1C2.C=C(C)C(=O)OC(C)(C)C1CCCCC1.C=C(C)C(=O)OC1(C(C)C)C2CC3CC(C2)CC1C3.C=C(C)C(=O)OC1(CC)C2CC3CC(C2)CC1C3. The monoisotopic (exact) mass is 1200 g/mol. The Labute approximate surface area is 527 Å². The van der Waals surface area contributed by atoms with E-state index in [1.165, 1.54) is 161 Å². The first-order valence-electron chi connectivity index (χ1n) is 35.1. The van der Waals surface area contributed by atoms with Crippen molar-refractivity contribution < 1.29 is 47.7 Å². The van der Waals surface area contributed by atoms with Gasteiger partial charge in [-0.2, -0.15) is 0 Å². The lowest BCUT2D eigenvalue weighted by Gasteiger charge is -2.61. The van der Waals surface area contributed by atoms with Crippen molar-refractivity contribution in [2.45, 2.75) is 292 Å². The summed E-state index contributed by atoms with van der Waals surface area (Å²) in [4.78, 5) is 59.1. The summed E-state index contributed by atoms with van der Waals surface area (Å²) >= 11 is 0. The van der Waals surface area contributed by atoms with Gasteiger partial charge in [0.1, 0.15) is 28.0 Å². The zero-order valence-corrected chi connectivity index (χ0v) is 57.2. The van der Waals surface area contributed by atoms with Crippen molar-refractivity contribution in [1.29, 1.82) is 0 Å². The van der Waals surface area contributed by atoms with Gasteiger partial charge in [-0.3, -0.25) is 0 Å². The van der Waals surface area contributed by atoms with Crippen LogP contribution < -0.4 is 0 Å². The Morgan fingerprint density at radius 2 is 0.805 bits per heavy atom. The summed E-state index contributed by atoms with van der Waals surface area (Å²) in [6.07, 6.45) is 33.6. The third-order valence-corrected chi connectivity index (χ3v) is 25.3. The first-order valence-corrected chi connectivity index (χ1v) is 35.1. The molecule has 0 heterocycles. The van der Waals surface area contributed by atoms with Crippen LogP contribution in [0.25, 0.3) is 0 Å². The molecule has 0 amide bonds.